The molecule has 3 aromatic heterocycles. The van der Waals surface area contributed by atoms with E-state index in [1.807, 2.05) is 24.3 Å². The van der Waals surface area contributed by atoms with Crippen LogP contribution in [0.3, 0.4) is 0 Å². The summed E-state index contributed by atoms with van der Waals surface area (Å²) >= 11 is 0. The molecule has 0 radical (unpaired) electrons. The van der Waals surface area contributed by atoms with E-state index in [-0.39, 0.29) is 11.5 Å². The number of aromatic nitrogens is 4. The Labute approximate surface area is 171 Å². The van der Waals surface area contributed by atoms with E-state index in [1.54, 1.807) is 49.1 Å². The molecular weight excluding hydrogens is 381 g/mol. The van der Waals surface area contributed by atoms with Crippen molar-refractivity contribution in [1.29, 1.82) is 0 Å². The van der Waals surface area contributed by atoms with E-state index >= 15 is 0 Å². The van der Waals surface area contributed by atoms with E-state index in [0.717, 1.165) is 22.0 Å². The third-order valence-corrected chi connectivity index (χ3v) is 5.48. The summed E-state index contributed by atoms with van der Waals surface area (Å²) in [5.74, 6) is 0.0884. The van der Waals surface area contributed by atoms with Crippen molar-refractivity contribution >= 4 is 27.8 Å². The molecule has 0 spiro atoms. The van der Waals surface area contributed by atoms with Gasteiger partial charge in [0.2, 0.25) is 0 Å². The van der Waals surface area contributed by atoms with Crippen LogP contribution in [0.4, 0.5) is 10.2 Å². The van der Waals surface area contributed by atoms with Gasteiger partial charge in [-0.2, -0.15) is 0 Å². The monoisotopic (exact) mass is 399 g/mol. The number of hydrogen-bond donors (Lipinski definition) is 1. The lowest BCUT2D eigenvalue weighted by molar-refractivity contribution is 0.616. The lowest BCUT2D eigenvalue weighted by atomic mass is 10.0. The molecule has 2 aromatic carbocycles. The zero-order valence-electron chi connectivity index (χ0n) is 16.4. The van der Waals surface area contributed by atoms with E-state index in [1.165, 1.54) is 10.6 Å². The predicted molar refractivity (Wildman–Crippen MR) is 116 cm³/mol. The summed E-state index contributed by atoms with van der Waals surface area (Å²) in [5.41, 5.74) is 10.3. The highest BCUT2D eigenvalue weighted by molar-refractivity contribution is 6.04. The second kappa shape index (κ2) is 6.52. The number of nitrogens with zero attached hydrogens (tertiary/aromatic N) is 4. The van der Waals surface area contributed by atoms with Crippen molar-refractivity contribution in [2.24, 2.45) is 7.05 Å². The summed E-state index contributed by atoms with van der Waals surface area (Å²) in [4.78, 5) is 21.8. The van der Waals surface area contributed by atoms with Crippen molar-refractivity contribution in [2.45, 2.75) is 6.92 Å². The molecule has 5 rings (SSSR count). The van der Waals surface area contributed by atoms with Crippen LogP contribution in [0, 0.1) is 12.7 Å². The summed E-state index contributed by atoms with van der Waals surface area (Å²) in [6, 6.07) is 14.2. The molecule has 0 amide bonds. The first kappa shape index (κ1) is 18.1. The third-order valence-electron chi connectivity index (χ3n) is 5.48. The van der Waals surface area contributed by atoms with E-state index < -0.39 is 0 Å². The molecule has 0 saturated heterocycles. The highest BCUT2D eigenvalue weighted by Crippen LogP contribution is 2.30. The van der Waals surface area contributed by atoms with E-state index in [9.17, 15) is 9.18 Å². The zero-order chi connectivity index (χ0) is 21.0. The minimum atomic E-state index is -0.358. The summed E-state index contributed by atoms with van der Waals surface area (Å²) in [5, 5.41) is 0.795. The fourth-order valence-corrected chi connectivity index (χ4v) is 3.81. The first-order valence-corrected chi connectivity index (χ1v) is 9.43. The van der Waals surface area contributed by atoms with Gasteiger partial charge in [0.15, 0.2) is 0 Å². The summed E-state index contributed by atoms with van der Waals surface area (Å²) in [6.45, 7) is 1.67. The number of hydrogen-bond acceptors (Lipinski definition) is 4. The number of rotatable bonds is 2. The fourth-order valence-electron chi connectivity index (χ4n) is 3.81. The summed E-state index contributed by atoms with van der Waals surface area (Å²) < 4.78 is 17.4. The van der Waals surface area contributed by atoms with Gasteiger partial charge in [0.1, 0.15) is 11.6 Å². The lowest BCUT2D eigenvalue weighted by Gasteiger charge is -2.10. The van der Waals surface area contributed by atoms with Crippen LogP contribution in [-0.2, 0) is 7.05 Å². The Morgan fingerprint density at radius 1 is 1.00 bits per heavy atom. The molecule has 30 heavy (non-hydrogen) atoms. The zero-order valence-corrected chi connectivity index (χ0v) is 16.4. The molecule has 0 aliphatic carbocycles. The molecule has 0 atom stereocenters. The van der Waals surface area contributed by atoms with Gasteiger partial charge in [-0.3, -0.25) is 14.1 Å². The largest absolute Gasteiger partial charge is 0.384 e. The van der Waals surface area contributed by atoms with Gasteiger partial charge in [0, 0.05) is 29.8 Å². The van der Waals surface area contributed by atoms with Crippen molar-refractivity contribution in [3.05, 3.63) is 82.8 Å². The van der Waals surface area contributed by atoms with Gasteiger partial charge in [-0.05, 0) is 48.9 Å². The Bertz CT molecular complexity index is 1500. The average molecular weight is 399 g/mol. The molecule has 0 aliphatic heterocycles. The Morgan fingerprint density at radius 2 is 1.80 bits per heavy atom. The Morgan fingerprint density at radius 3 is 2.57 bits per heavy atom. The number of halogens is 1. The number of anilines is 1. The highest BCUT2D eigenvalue weighted by Gasteiger charge is 2.18. The van der Waals surface area contributed by atoms with E-state index in [4.69, 9.17) is 5.73 Å². The van der Waals surface area contributed by atoms with E-state index in [2.05, 4.69) is 9.97 Å². The van der Waals surface area contributed by atoms with Crippen molar-refractivity contribution in [3.63, 3.8) is 0 Å². The molecule has 2 N–H and O–H groups in total. The second-order valence-corrected chi connectivity index (χ2v) is 7.26. The maximum atomic E-state index is 14.3. The maximum absolute atomic E-state index is 14.3. The number of imidazole rings is 1. The van der Waals surface area contributed by atoms with Gasteiger partial charge < -0.3 is 5.73 Å². The van der Waals surface area contributed by atoms with Crippen LogP contribution < -0.4 is 11.4 Å². The van der Waals surface area contributed by atoms with Crippen molar-refractivity contribution in [3.8, 4) is 16.8 Å². The standard InChI is InChI=1S/C23H18FN5O/c1-13-17(24)4-3-5-19(13)29-22-16-10-14(15-7-9-21(25)27-11-15)6-8-18(16)26-12-20(22)28(2)23(29)30/h3-12H,1-2H3,(H2,25,27). The van der Waals surface area contributed by atoms with Crippen molar-refractivity contribution < 1.29 is 4.39 Å². The quantitative estimate of drug-likeness (QED) is 0.487. The van der Waals surface area contributed by atoms with Gasteiger partial charge in [-0.1, -0.05) is 12.1 Å². The van der Waals surface area contributed by atoms with Crippen LogP contribution in [0.5, 0.6) is 0 Å². The Hall–Kier alpha value is -4.00. The topological polar surface area (TPSA) is 78.7 Å². The van der Waals surface area contributed by atoms with Gasteiger partial charge in [0.05, 0.1) is 28.4 Å². The van der Waals surface area contributed by atoms with Gasteiger partial charge in [0.25, 0.3) is 0 Å². The normalized spacial score (nSPS) is 11.4. The molecule has 3 heterocycles. The molecule has 0 fully saturated rings. The van der Waals surface area contributed by atoms with Gasteiger partial charge in [-0.15, -0.1) is 0 Å². The molecule has 0 bridgehead atoms. The molecule has 7 heteroatoms. The second-order valence-electron chi connectivity index (χ2n) is 7.26. The number of nitrogen functional groups attached to an aromatic ring is 1. The molecule has 6 nitrogen and oxygen atoms in total. The molecule has 5 aromatic rings. The number of pyridine rings is 2. The molecular formula is C23H18FN5O. The first-order chi connectivity index (χ1) is 14.5. The lowest BCUT2D eigenvalue weighted by Crippen LogP contribution is -2.21. The average Bonchev–Trinajstić information content (AvgIpc) is 3.01. The van der Waals surface area contributed by atoms with Crippen LogP contribution in [-0.4, -0.2) is 19.1 Å². The number of fused-ring (bicyclic) bond motifs is 3. The highest BCUT2D eigenvalue weighted by atomic mass is 19.1. The smallest absolute Gasteiger partial charge is 0.333 e. The molecule has 0 unspecified atom stereocenters. The SMILES string of the molecule is Cc1c(F)cccc1-n1c(=O)n(C)c2cnc3ccc(-c4ccc(N)nc4)cc3c21. The summed E-state index contributed by atoms with van der Waals surface area (Å²) in [7, 11) is 1.69. The van der Waals surface area contributed by atoms with Crippen molar-refractivity contribution in [2.75, 3.05) is 5.73 Å². The van der Waals surface area contributed by atoms with Gasteiger partial charge in [-0.25, -0.2) is 14.2 Å². The molecule has 0 aliphatic rings. The number of nitrogens with two attached hydrogens (primary N) is 1. The Kier molecular flexibility index (Phi) is 3.92. The first-order valence-electron chi connectivity index (χ1n) is 9.43. The van der Waals surface area contributed by atoms with Crippen LogP contribution in [0.25, 0.3) is 38.8 Å². The van der Waals surface area contributed by atoms with Crippen LogP contribution in [0.2, 0.25) is 0 Å². The fraction of sp³-hybridized carbons (Fsp3) is 0.0870. The minimum absolute atomic E-state index is 0.257. The van der Waals surface area contributed by atoms with E-state index in [0.29, 0.717) is 28.1 Å². The van der Waals surface area contributed by atoms with Crippen molar-refractivity contribution in [1.82, 2.24) is 19.1 Å². The number of aryl methyl sites for hydroxylation is 1. The molecule has 0 saturated carbocycles. The minimum Gasteiger partial charge on any atom is -0.384 e. The predicted octanol–water partition coefficient (Wildman–Crippen LogP) is 3.97. The Balaban J connectivity index is 1.90. The van der Waals surface area contributed by atoms with Crippen LogP contribution in [0.1, 0.15) is 5.56 Å². The third kappa shape index (κ3) is 2.59. The van der Waals surface area contributed by atoms with Crippen LogP contribution in [0.15, 0.2) is 65.7 Å². The van der Waals surface area contributed by atoms with Crippen LogP contribution >= 0.6 is 0 Å². The number of benzene rings is 2. The molecule has 148 valence electrons. The maximum Gasteiger partial charge on any atom is 0.333 e. The van der Waals surface area contributed by atoms with Gasteiger partial charge >= 0.3 is 5.69 Å². The summed E-state index contributed by atoms with van der Waals surface area (Å²) in [6.07, 6.45) is 3.38.